The number of amides is 1. The third-order valence-corrected chi connectivity index (χ3v) is 7.24. The molecule has 0 unspecified atom stereocenters. The third-order valence-electron chi connectivity index (χ3n) is 6.82. The molecule has 180 valence electrons. The highest BCUT2D eigenvalue weighted by Crippen LogP contribution is 2.34. The van der Waals surface area contributed by atoms with Gasteiger partial charge in [0, 0.05) is 58.8 Å². The molecule has 1 fully saturated rings. The number of halogens is 2. The Morgan fingerprint density at radius 3 is 2.30 bits per heavy atom. The van der Waals surface area contributed by atoms with Crippen LogP contribution in [-0.2, 0) is 6.54 Å². The number of aryl methyl sites for hydroxylation is 1. The van der Waals surface area contributed by atoms with Crippen molar-refractivity contribution in [1.29, 1.82) is 0 Å². The number of nitrogens with one attached hydrogen (secondary N) is 2. The lowest BCUT2D eigenvalue weighted by Gasteiger charge is -2.40. The van der Waals surface area contributed by atoms with E-state index in [1.54, 1.807) is 13.0 Å². The lowest BCUT2D eigenvalue weighted by atomic mass is 9.89. The summed E-state index contributed by atoms with van der Waals surface area (Å²) in [4.78, 5) is 33.0. The Hall–Kier alpha value is -2.02. The molecule has 0 saturated heterocycles. The number of nitrogens with zero attached hydrogens (tertiary/aromatic N) is 2. The van der Waals surface area contributed by atoms with Gasteiger partial charge in [0.05, 0.1) is 0 Å². The summed E-state index contributed by atoms with van der Waals surface area (Å²) in [6, 6.07) is 6.04. The molecular formula is C25H34Cl2N4O2. The summed E-state index contributed by atoms with van der Waals surface area (Å²) in [6.45, 7) is 6.84. The zero-order valence-electron chi connectivity index (χ0n) is 20.1. The molecule has 1 aromatic carbocycles. The molecule has 1 aliphatic rings. The second-order valence-electron chi connectivity index (χ2n) is 9.08. The van der Waals surface area contributed by atoms with E-state index in [1.807, 2.05) is 13.0 Å². The topological polar surface area (TPSA) is 68.4 Å². The van der Waals surface area contributed by atoms with E-state index < -0.39 is 0 Å². The zero-order chi connectivity index (χ0) is 24.3. The number of hydrogen-bond acceptors (Lipinski definition) is 4. The molecule has 0 atom stereocenters. The van der Waals surface area contributed by atoms with E-state index in [-0.39, 0.29) is 23.0 Å². The van der Waals surface area contributed by atoms with Gasteiger partial charge in [-0.3, -0.25) is 9.59 Å². The second kappa shape index (κ2) is 10.9. The van der Waals surface area contributed by atoms with Gasteiger partial charge in [-0.1, -0.05) is 23.2 Å². The number of hydrogen-bond donors (Lipinski definition) is 2. The van der Waals surface area contributed by atoms with Crippen LogP contribution in [0.25, 0.3) is 0 Å². The molecule has 0 bridgehead atoms. The van der Waals surface area contributed by atoms with Crippen LogP contribution in [-0.4, -0.2) is 48.5 Å². The molecule has 0 aliphatic heterocycles. The summed E-state index contributed by atoms with van der Waals surface area (Å²) in [6.07, 6.45) is 4.55. The van der Waals surface area contributed by atoms with Crippen LogP contribution in [0, 0.1) is 13.8 Å². The fraction of sp³-hybridized carbons (Fsp3) is 0.520. The van der Waals surface area contributed by atoms with Crippen molar-refractivity contribution >= 4 is 34.8 Å². The van der Waals surface area contributed by atoms with Gasteiger partial charge in [-0.05, 0) is 78.2 Å². The van der Waals surface area contributed by atoms with E-state index in [0.29, 0.717) is 33.9 Å². The number of aromatic nitrogens is 1. The van der Waals surface area contributed by atoms with Crippen molar-refractivity contribution in [3.63, 3.8) is 0 Å². The van der Waals surface area contributed by atoms with E-state index in [1.165, 1.54) is 6.07 Å². The Kier molecular flexibility index (Phi) is 8.48. The second-order valence-corrected chi connectivity index (χ2v) is 9.92. The van der Waals surface area contributed by atoms with Gasteiger partial charge in [0.15, 0.2) is 5.43 Å². The SMILES string of the molecule is CCN(c1cc(Cl)cc(C(=O)NCc2c(C)[nH]c(Cl)cc2=O)c1C)[C@H]1CC[C@H](N(C)C)CC1. The molecular weight excluding hydrogens is 459 g/mol. The van der Waals surface area contributed by atoms with Crippen molar-refractivity contribution in [3.8, 4) is 0 Å². The normalized spacial score (nSPS) is 18.4. The van der Waals surface area contributed by atoms with Crippen LogP contribution in [0.15, 0.2) is 23.0 Å². The number of anilines is 1. The Labute approximate surface area is 206 Å². The van der Waals surface area contributed by atoms with Crippen LogP contribution >= 0.6 is 23.2 Å². The van der Waals surface area contributed by atoms with Crippen molar-refractivity contribution in [2.75, 3.05) is 25.5 Å². The lowest BCUT2D eigenvalue weighted by Crippen LogP contribution is -2.42. The molecule has 0 radical (unpaired) electrons. The van der Waals surface area contributed by atoms with Crippen LogP contribution in [0.5, 0.6) is 0 Å². The first-order chi connectivity index (χ1) is 15.6. The minimum Gasteiger partial charge on any atom is -0.369 e. The molecule has 33 heavy (non-hydrogen) atoms. The minimum absolute atomic E-state index is 0.116. The molecule has 8 heteroatoms. The van der Waals surface area contributed by atoms with Crippen LogP contribution in [0.4, 0.5) is 5.69 Å². The molecule has 1 heterocycles. The van der Waals surface area contributed by atoms with Gasteiger partial charge in [0.1, 0.15) is 5.15 Å². The highest BCUT2D eigenvalue weighted by Gasteiger charge is 2.28. The fourth-order valence-electron chi connectivity index (χ4n) is 4.87. The van der Waals surface area contributed by atoms with Gasteiger partial charge in [-0.15, -0.1) is 0 Å². The maximum Gasteiger partial charge on any atom is 0.251 e. The van der Waals surface area contributed by atoms with Gasteiger partial charge < -0.3 is 20.1 Å². The summed E-state index contributed by atoms with van der Waals surface area (Å²) in [5.74, 6) is -0.252. The third kappa shape index (κ3) is 5.92. The average molecular weight is 493 g/mol. The van der Waals surface area contributed by atoms with Crippen molar-refractivity contribution in [2.45, 2.75) is 65.1 Å². The largest absolute Gasteiger partial charge is 0.369 e. The predicted octanol–water partition coefficient (Wildman–Crippen LogP) is 4.93. The van der Waals surface area contributed by atoms with E-state index in [4.69, 9.17) is 23.2 Å². The van der Waals surface area contributed by atoms with Crippen LogP contribution in [0.2, 0.25) is 10.2 Å². The average Bonchev–Trinajstić information content (AvgIpc) is 2.75. The highest BCUT2D eigenvalue weighted by molar-refractivity contribution is 6.31. The van der Waals surface area contributed by atoms with Crippen LogP contribution in [0.3, 0.4) is 0 Å². The monoisotopic (exact) mass is 492 g/mol. The molecule has 2 aromatic rings. The van der Waals surface area contributed by atoms with Gasteiger partial charge in [-0.25, -0.2) is 0 Å². The first-order valence-electron chi connectivity index (χ1n) is 11.5. The smallest absolute Gasteiger partial charge is 0.251 e. The number of pyridine rings is 1. The standard InChI is InChI=1S/C25H34Cl2N4O2/c1-6-31(19-9-7-18(8-10-19)30(4)5)22-12-17(26)11-20(15(22)2)25(33)28-14-21-16(3)29-24(27)13-23(21)32/h11-13,18-19H,6-10,14H2,1-5H3,(H,28,33)(H,29,32)/t18-,19-. The summed E-state index contributed by atoms with van der Waals surface area (Å²) in [5.41, 5.74) is 3.35. The number of carbonyl (C=O) groups excluding carboxylic acids is 1. The van der Waals surface area contributed by atoms with Gasteiger partial charge >= 0.3 is 0 Å². The Bertz CT molecular complexity index is 1060. The molecule has 0 spiro atoms. The van der Waals surface area contributed by atoms with Crippen molar-refractivity contribution < 1.29 is 4.79 Å². The lowest BCUT2D eigenvalue weighted by molar-refractivity contribution is 0.0950. The molecule has 1 amide bonds. The zero-order valence-corrected chi connectivity index (χ0v) is 21.6. The Balaban J connectivity index is 1.81. The summed E-state index contributed by atoms with van der Waals surface area (Å²) in [5, 5.41) is 3.69. The summed E-state index contributed by atoms with van der Waals surface area (Å²) >= 11 is 12.4. The molecule has 2 N–H and O–H groups in total. The van der Waals surface area contributed by atoms with Crippen molar-refractivity contribution in [2.24, 2.45) is 0 Å². The van der Waals surface area contributed by atoms with E-state index in [9.17, 15) is 9.59 Å². The van der Waals surface area contributed by atoms with Gasteiger partial charge in [0.2, 0.25) is 0 Å². The fourth-order valence-corrected chi connectivity index (χ4v) is 5.32. The molecule has 1 aliphatic carbocycles. The number of rotatable bonds is 7. The summed E-state index contributed by atoms with van der Waals surface area (Å²) in [7, 11) is 4.29. The molecule has 1 aromatic heterocycles. The maximum absolute atomic E-state index is 13.1. The van der Waals surface area contributed by atoms with E-state index in [2.05, 4.69) is 41.1 Å². The van der Waals surface area contributed by atoms with Gasteiger partial charge in [-0.2, -0.15) is 0 Å². The summed E-state index contributed by atoms with van der Waals surface area (Å²) < 4.78 is 0. The highest BCUT2D eigenvalue weighted by atomic mass is 35.5. The van der Waals surface area contributed by atoms with Crippen molar-refractivity contribution in [3.05, 3.63) is 61.0 Å². The van der Waals surface area contributed by atoms with Crippen LogP contribution in [0.1, 0.15) is 59.8 Å². The molecule has 1 saturated carbocycles. The number of aromatic amines is 1. The molecule has 6 nitrogen and oxygen atoms in total. The first kappa shape index (κ1) is 25.6. The number of H-pyrrole nitrogens is 1. The quantitative estimate of drug-likeness (QED) is 0.537. The maximum atomic E-state index is 13.1. The molecule has 3 rings (SSSR count). The van der Waals surface area contributed by atoms with Crippen molar-refractivity contribution in [1.82, 2.24) is 15.2 Å². The van der Waals surface area contributed by atoms with E-state index in [0.717, 1.165) is 43.5 Å². The minimum atomic E-state index is -0.252. The number of benzene rings is 1. The van der Waals surface area contributed by atoms with Crippen LogP contribution < -0.4 is 15.6 Å². The van der Waals surface area contributed by atoms with Gasteiger partial charge in [0.25, 0.3) is 5.91 Å². The first-order valence-corrected chi connectivity index (χ1v) is 12.3. The van der Waals surface area contributed by atoms with E-state index >= 15 is 0 Å². The Morgan fingerprint density at radius 2 is 1.73 bits per heavy atom. The Morgan fingerprint density at radius 1 is 1.09 bits per heavy atom. The number of carbonyl (C=O) groups is 1. The predicted molar refractivity (Wildman–Crippen MR) is 137 cm³/mol.